The first-order valence-corrected chi connectivity index (χ1v) is 5.74. The number of amides is 1. The third-order valence-electron chi connectivity index (χ3n) is 2.61. The van der Waals surface area contributed by atoms with E-state index in [0.717, 1.165) is 11.9 Å². The molecule has 0 unspecified atom stereocenters. The Hall–Kier alpha value is -2.03. The summed E-state index contributed by atoms with van der Waals surface area (Å²) in [6, 6.07) is 8.25. The Labute approximate surface area is 101 Å². The Morgan fingerprint density at radius 3 is 3.12 bits per heavy atom. The van der Waals surface area contributed by atoms with E-state index in [9.17, 15) is 4.79 Å². The van der Waals surface area contributed by atoms with E-state index in [4.69, 9.17) is 0 Å². The van der Waals surface area contributed by atoms with Gasteiger partial charge in [0.1, 0.15) is 0 Å². The molecular formula is C14H16N2O. The highest BCUT2D eigenvalue weighted by molar-refractivity contribution is 5.88. The van der Waals surface area contributed by atoms with E-state index in [1.165, 1.54) is 17.9 Å². The number of hydrogen-bond acceptors (Lipinski definition) is 1. The normalized spacial score (nSPS) is 11.1. The van der Waals surface area contributed by atoms with Crippen LogP contribution >= 0.6 is 0 Å². The summed E-state index contributed by atoms with van der Waals surface area (Å²) in [6.07, 6.45) is 6.97. The van der Waals surface area contributed by atoms with Gasteiger partial charge in [-0.05, 0) is 24.1 Å². The molecule has 0 fully saturated rings. The number of aromatic nitrogens is 1. The molecule has 3 nitrogen and oxygen atoms in total. The van der Waals surface area contributed by atoms with E-state index >= 15 is 0 Å². The third-order valence-corrected chi connectivity index (χ3v) is 2.61. The van der Waals surface area contributed by atoms with Crippen LogP contribution in [0.25, 0.3) is 17.0 Å². The highest BCUT2D eigenvalue weighted by Gasteiger charge is 1.97. The largest absolute Gasteiger partial charge is 0.361 e. The summed E-state index contributed by atoms with van der Waals surface area (Å²) in [6.45, 7) is 2.22. The number of fused-ring (bicyclic) bond motifs is 1. The fourth-order valence-corrected chi connectivity index (χ4v) is 1.80. The second-order valence-electron chi connectivity index (χ2n) is 3.96. The van der Waals surface area contributed by atoms with Crippen LogP contribution in [-0.4, -0.2) is 17.4 Å². The molecule has 0 aliphatic carbocycles. The Morgan fingerprint density at radius 2 is 2.29 bits per heavy atom. The Bertz CT molecular complexity index is 540. The van der Waals surface area contributed by atoms with Crippen molar-refractivity contribution in [2.24, 2.45) is 0 Å². The van der Waals surface area contributed by atoms with Crippen LogP contribution in [-0.2, 0) is 4.79 Å². The molecule has 2 rings (SSSR count). The lowest BCUT2D eigenvalue weighted by atomic mass is 10.1. The summed E-state index contributed by atoms with van der Waals surface area (Å²) in [5, 5.41) is 3.99. The molecule has 3 heteroatoms. The number of hydrogen-bond donors (Lipinski definition) is 2. The number of rotatable bonds is 4. The van der Waals surface area contributed by atoms with Crippen LogP contribution < -0.4 is 5.32 Å². The maximum Gasteiger partial charge on any atom is 0.216 e. The molecule has 0 saturated heterocycles. The third kappa shape index (κ3) is 2.97. The summed E-state index contributed by atoms with van der Waals surface area (Å²) in [5.74, 6) is 0.0196. The molecule has 0 spiro atoms. The Kier molecular flexibility index (Phi) is 3.60. The van der Waals surface area contributed by atoms with Gasteiger partial charge in [0.25, 0.3) is 0 Å². The minimum atomic E-state index is 0.0196. The number of H-pyrrole nitrogens is 1. The van der Waals surface area contributed by atoms with Crippen molar-refractivity contribution in [2.45, 2.75) is 13.3 Å². The van der Waals surface area contributed by atoms with E-state index < -0.39 is 0 Å². The Balaban J connectivity index is 2.00. The van der Waals surface area contributed by atoms with Crippen molar-refractivity contribution in [1.82, 2.24) is 10.3 Å². The fourth-order valence-electron chi connectivity index (χ4n) is 1.80. The molecular weight excluding hydrogens is 212 g/mol. The SMILES string of the molecule is CC(=O)NCCC=Cc1cccc2[nH]ccc12. The second kappa shape index (κ2) is 5.34. The van der Waals surface area contributed by atoms with E-state index in [2.05, 4.69) is 40.7 Å². The monoisotopic (exact) mass is 228 g/mol. The fraction of sp³-hybridized carbons (Fsp3) is 0.214. The molecule has 88 valence electrons. The van der Waals surface area contributed by atoms with Crippen molar-refractivity contribution in [3.05, 3.63) is 42.1 Å². The van der Waals surface area contributed by atoms with Crippen LogP contribution in [0, 0.1) is 0 Å². The predicted molar refractivity (Wildman–Crippen MR) is 70.6 cm³/mol. The van der Waals surface area contributed by atoms with Gasteiger partial charge in [-0.15, -0.1) is 0 Å². The predicted octanol–water partition coefficient (Wildman–Crippen LogP) is 2.71. The maximum absolute atomic E-state index is 10.7. The average molecular weight is 228 g/mol. The van der Waals surface area contributed by atoms with E-state index in [0.29, 0.717) is 6.54 Å². The topological polar surface area (TPSA) is 44.9 Å². The molecule has 1 amide bonds. The first-order chi connectivity index (χ1) is 8.27. The zero-order valence-corrected chi connectivity index (χ0v) is 9.86. The van der Waals surface area contributed by atoms with Gasteiger partial charge in [-0.2, -0.15) is 0 Å². The summed E-state index contributed by atoms with van der Waals surface area (Å²) in [5.41, 5.74) is 2.35. The molecule has 2 N–H and O–H groups in total. The molecule has 0 saturated carbocycles. The molecule has 0 aliphatic rings. The number of benzene rings is 1. The van der Waals surface area contributed by atoms with Crippen molar-refractivity contribution in [2.75, 3.05) is 6.54 Å². The summed E-state index contributed by atoms with van der Waals surface area (Å²) in [7, 11) is 0. The van der Waals surface area contributed by atoms with Crippen LogP contribution in [0.5, 0.6) is 0 Å². The van der Waals surface area contributed by atoms with E-state index in [1.807, 2.05) is 12.3 Å². The van der Waals surface area contributed by atoms with Gasteiger partial charge in [0, 0.05) is 30.6 Å². The van der Waals surface area contributed by atoms with Gasteiger partial charge in [-0.3, -0.25) is 4.79 Å². The van der Waals surface area contributed by atoms with Crippen LogP contribution in [0.1, 0.15) is 18.9 Å². The van der Waals surface area contributed by atoms with Gasteiger partial charge in [-0.1, -0.05) is 24.3 Å². The van der Waals surface area contributed by atoms with E-state index in [-0.39, 0.29) is 5.91 Å². The van der Waals surface area contributed by atoms with Crippen LogP contribution in [0.4, 0.5) is 0 Å². The minimum absolute atomic E-state index is 0.0196. The maximum atomic E-state index is 10.7. The summed E-state index contributed by atoms with van der Waals surface area (Å²) in [4.78, 5) is 13.9. The standard InChI is InChI=1S/C14H16N2O/c1-11(17)15-9-3-2-5-12-6-4-7-14-13(12)8-10-16-14/h2,4-8,10,16H,3,9H2,1H3,(H,15,17). The zero-order valence-electron chi connectivity index (χ0n) is 9.86. The molecule has 1 heterocycles. The van der Waals surface area contributed by atoms with Crippen molar-refractivity contribution in [3.63, 3.8) is 0 Å². The number of aromatic amines is 1. The van der Waals surface area contributed by atoms with Gasteiger partial charge in [0.15, 0.2) is 0 Å². The quantitative estimate of drug-likeness (QED) is 0.776. The van der Waals surface area contributed by atoms with Crippen LogP contribution in [0.2, 0.25) is 0 Å². The van der Waals surface area contributed by atoms with Crippen molar-refractivity contribution in [3.8, 4) is 0 Å². The van der Waals surface area contributed by atoms with Crippen LogP contribution in [0.15, 0.2) is 36.5 Å². The summed E-state index contributed by atoms with van der Waals surface area (Å²) >= 11 is 0. The van der Waals surface area contributed by atoms with Gasteiger partial charge in [0.2, 0.25) is 5.91 Å². The molecule has 0 bridgehead atoms. The lowest BCUT2D eigenvalue weighted by Crippen LogP contribution is -2.20. The van der Waals surface area contributed by atoms with E-state index in [1.54, 1.807) is 0 Å². The number of carbonyl (C=O) groups excluding carboxylic acids is 1. The van der Waals surface area contributed by atoms with Gasteiger partial charge in [0.05, 0.1) is 0 Å². The zero-order chi connectivity index (χ0) is 12.1. The summed E-state index contributed by atoms with van der Waals surface area (Å²) < 4.78 is 0. The molecule has 0 atom stereocenters. The molecule has 17 heavy (non-hydrogen) atoms. The number of nitrogens with one attached hydrogen (secondary N) is 2. The molecule has 2 aromatic rings. The number of carbonyl (C=O) groups is 1. The van der Waals surface area contributed by atoms with Crippen LogP contribution in [0.3, 0.4) is 0 Å². The molecule has 0 aliphatic heterocycles. The first-order valence-electron chi connectivity index (χ1n) is 5.74. The molecule has 1 aromatic heterocycles. The van der Waals surface area contributed by atoms with Crippen molar-refractivity contribution in [1.29, 1.82) is 0 Å². The Morgan fingerprint density at radius 1 is 1.41 bits per heavy atom. The minimum Gasteiger partial charge on any atom is -0.361 e. The smallest absolute Gasteiger partial charge is 0.216 e. The highest BCUT2D eigenvalue weighted by atomic mass is 16.1. The van der Waals surface area contributed by atoms with Gasteiger partial charge < -0.3 is 10.3 Å². The van der Waals surface area contributed by atoms with Gasteiger partial charge >= 0.3 is 0 Å². The van der Waals surface area contributed by atoms with Crippen molar-refractivity contribution >= 4 is 22.9 Å². The lowest BCUT2D eigenvalue weighted by molar-refractivity contribution is -0.118. The lowest BCUT2D eigenvalue weighted by Gasteiger charge is -1.98. The molecule has 1 aromatic carbocycles. The second-order valence-corrected chi connectivity index (χ2v) is 3.96. The van der Waals surface area contributed by atoms with Crippen molar-refractivity contribution < 1.29 is 4.79 Å². The van der Waals surface area contributed by atoms with Gasteiger partial charge in [-0.25, -0.2) is 0 Å². The highest BCUT2D eigenvalue weighted by Crippen LogP contribution is 2.18. The molecule has 0 radical (unpaired) electrons. The average Bonchev–Trinajstić information content (AvgIpc) is 2.77. The first kappa shape index (κ1) is 11.5.